The third-order valence-corrected chi connectivity index (χ3v) is 4.72. The van der Waals surface area contributed by atoms with Crippen LogP contribution in [0.3, 0.4) is 0 Å². The fraction of sp³-hybridized carbons (Fsp3) is 0.400. The van der Waals surface area contributed by atoms with Crippen LogP contribution in [0.15, 0.2) is 46.0 Å². The number of aryl methyl sites for hydroxylation is 1. The van der Waals surface area contributed by atoms with Crippen molar-refractivity contribution in [3.8, 4) is 0 Å². The molecule has 1 aromatic carbocycles. The van der Waals surface area contributed by atoms with Gasteiger partial charge in [-0.25, -0.2) is 4.98 Å². The summed E-state index contributed by atoms with van der Waals surface area (Å²) in [5.41, 5.74) is 6.22. The number of hydrogen-bond acceptors (Lipinski definition) is 3. The zero-order valence-electron chi connectivity index (χ0n) is 11.6. The van der Waals surface area contributed by atoms with Crippen molar-refractivity contribution < 1.29 is 0 Å². The van der Waals surface area contributed by atoms with Gasteiger partial charge in [0.2, 0.25) is 0 Å². The van der Waals surface area contributed by atoms with Crippen molar-refractivity contribution in [2.24, 2.45) is 5.73 Å². The van der Waals surface area contributed by atoms with Gasteiger partial charge in [0.05, 0.1) is 0 Å². The predicted molar refractivity (Wildman–Crippen MR) is 89.1 cm³/mol. The van der Waals surface area contributed by atoms with Crippen molar-refractivity contribution in [3.63, 3.8) is 0 Å². The Hall–Kier alpha value is -0.780. The highest BCUT2D eigenvalue weighted by molar-refractivity contribution is 9.10. The van der Waals surface area contributed by atoms with E-state index in [4.69, 9.17) is 5.73 Å². The Bertz CT molecular complexity index is 524. The van der Waals surface area contributed by atoms with E-state index in [1.807, 2.05) is 12.4 Å². The third-order valence-electron chi connectivity index (χ3n) is 2.99. The molecule has 2 rings (SSSR count). The molecule has 2 aromatic rings. The van der Waals surface area contributed by atoms with Crippen LogP contribution in [0.2, 0.25) is 0 Å². The molecule has 0 aliphatic carbocycles. The average molecular weight is 354 g/mol. The van der Waals surface area contributed by atoms with E-state index in [9.17, 15) is 0 Å². The van der Waals surface area contributed by atoms with Crippen LogP contribution in [0.4, 0.5) is 0 Å². The van der Waals surface area contributed by atoms with Crippen molar-refractivity contribution in [2.75, 3.05) is 5.75 Å². The summed E-state index contributed by atoms with van der Waals surface area (Å²) in [5, 5.41) is 0. The lowest BCUT2D eigenvalue weighted by Gasteiger charge is -2.12. The maximum Gasteiger partial charge on any atom is 0.110 e. The molecule has 0 aliphatic rings. The molecular formula is C15H20BrN3S. The molecule has 5 heteroatoms. The molecular weight excluding hydrogens is 334 g/mol. The number of imidazole rings is 1. The molecule has 1 aromatic heterocycles. The summed E-state index contributed by atoms with van der Waals surface area (Å²) in [7, 11) is 0. The number of hydrogen-bond donors (Lipinski definition) is 1. The summed E-state index contributed by atoms with van der Waals surface area (Å²) in [6.45, 7) is 3.19. The predicted octanol–water partition coefficient (Wildman–Crippen LogP) is 3.72. The van der Waals surface area contributed by atoms with Gasteiger partial charge in [-0.1, -0.05) is 22.9 Å². The van der Waals surface area contributed by atoms with Gasteiger partial charge < -0.3 is 10.3 Å². The molecule has 20 heavy (non-hydrogen) atoms. The molecule has 1 atom stereocenters. The number of halogens is 1. The Balaban J connectivity index is 1.84. The number of thioether (sulfide) groups is 1. The molecule has 1 heterocycles. The standard InChI is InChI=1S/C15H20BrN3S/c1-2-8-19-9-7-18-15(19)10-13(17)11-20-14-5-3-12(16)4-6-14/h3-7,9,13H,2,8,10-11,17H2,1H3. The number of rotatable bonds is 7. The average Bonchev–Trinajstić information content (AvgIpc) is 2.86. The highest BCUT2D eigenvalue weighted by atomic mass is 79.9. The lowest BCUT2D eigenvalue weighted by atomic mass is 10.2. The Kier molecular flexibility index (Phi) is 6.13. The van der Waals surface area contributed by atoms with Crippen molar-refractivity contribution in [3.05, 3.63) is 47.0 Å². The molecule has 2 N–H and O–H groups in total. The Morgan fingerprint density at radius 3 is 2.80 bits per heavy atom. The fourth-order valence-corrected chi connectivity index (χ4v) is 3.12. The van der Waals surface area contributed by atoms with E-state index in [-0.39, 0.29) is 6.04 Å². The van der Waals surface area contributed by atoms with Crippen molar-refractivity contribution in [2.45, 2.75) is 37.2 Å². The minimum atomic E-state index is 0.127. The van der Waals surface area contributed by atoms with E-state index in [1.165, 1.54) is 4.90 Å². The topological polar surface area (TPSA) is 43.8 Å². The SMILES string of the molecule is CCCn1ccnc1CC(N)CSc1ccc(Br)cc1. The van der Waals surface area contributed by atoms with Crippen LogP contribution in [0, 0.1) is 0 Å². The maximum absolute atomic E-state index is 6.22. The summed E-state index contributed by atoms with van der Waals surface area (Å²) < 4.78 is 3.30. The second-order valence-electron chi connectivity index (χ2n) is 4.77. The third kappa shape index (κ3) is 4.65. The second kappa shape index (κ2) is 7.86. The Labute approximate surface area is 133 Å². The number of aromatic nitrogens is 2. The molecule has 0 bridgehead atoms. The first kappa shape index (κ1) is 15.6. The highest BCUT2D eigenvalue weighted by Gasteiger charge is 2.09. The van der Waals surface area contributed by atoms with Gasteiger partial charge in [-0.2, -0.15) is 0 Å². The zero-order valence-corrected chi connectivity index (χ0v) is 14.0. The monoisotopic (exact) mass is 353 g/mol. The molecule has 0 aliphatic heterocycles. The largest absolute Gasteiger partial charge is 0.335 e. The van der Waals surface area contributed by atoms with E-state index in [1.54, 1.807) is 11.8 Å². The molecule has 0 radical (unpaired) electrons. The van der Waals surface area contributed by atoms with E-state index < -0.39 is 0 Å². The summed E-state index contributed by atoms with van der Waals surface area (Å²) in [4.78, 5) is 5.66. The lowest BCUT2D eigenvalue weighted by molar-refractivity contribution is 0.607. The molecule has 0 saturated heterocycles. The van der Waals surface area contributed by atoms with Crippen molar-refractivity contribution in [1.29, 1.82) is 0 Å². The second-order valence-corrected chi connectivity index (χ2v) is 6.78. The molecule has 3 nitrogen and oxygen atoms in total. The van der Waals surface area contributed by atoms with Gasteiger partial charge in [0, 0.05) is 46.5 Å². The van der Waals surface area contributed by atoms with Crippen LogP contribution in [0.5, 0.6) is 0 Å². The summed E-state index contributed by atoms with van der Waals surface area (Å²) in [5.74, 6) is 2.00. The normalized spacial score (nSPS) is 12.6. The summed E-state index contributed by atoms with van der Waals surface area (Å²) in [6, 6.07) is 8.46. The van der Waals surface area contributed by atoms with Crippen molar-refractivity contribution in [1.82, 2.24) is 9.55 Å². The van der Waals surface area contributed by atoms with Gasteiger partial charge in [0.15, 0.2) is 0 Å². The van der Waals surface area contributed by atoms with E-state index >= 15 is 0 Å². The van der Waals surface area contributed by atoms with E-state index in [0.717, 1.165) is 35.4 Å². The van der Waals surface area contributed by atoms with Crippen LogP contribution < -0.4 is 5.73 Å². The van der Waals surface area contributed by atoms with Gasteiger partial charge in [-0.05, 0) is 30.7 Å². The zero-order chi connectivity index (χ0) is 14.4. The minimum Gasteiger partial charge on any atom is -0.335 e. The van der Waals surface area contributed by atoms with Gasteiger partial charge >= 0.3 is 0 Å². The lowest BCUT2D eigenvalue weighted by Crippen LogP contribution is -2.27. The van der Waals surface area contributed by atoms with Crippen molar-refractivity contribution >= 4 is 27.7 Å². The van der Waals surface area contributed by atoms with Crippen LogP contribution in [-0.2, 0) is 13.0 Å². The molecule has 0 fully saturated rings. The summed E-state index contributed by atoms with van der Waals surface area (Å²) >= 11 is 5.24. The van der Waals surface area contributed by atoms with Crippen LogP contribution in [-0.4, -0.2) is 21.3 Å². The first-order valence-electron chi connectivity index (χ1n) is 6.83. The molecule has 108 valence electrons. The van der Waals surface area contributed by atoms with Gasteiger partial charge in [0.25, 0.3) is 0 Å². The summed E-state index contributed by atoms with van der Waals surface area (Å²) in [6.07, 6.45) is 5.84. The smallest absolute Gasteiger partial charge is 0.110 e. The molecule has 0 amide bonds. The number of nitrogens with two attached hydrogens (primary N) is 1. The van der Waals surface area contributed by atoms with Crippen LogP contribution in [0.1, 0.15) is 19.2 Å². The highest BCUT2D eigenvalue weighted by Crippen LogP contribution is 2.21. The van der Waals surface area contributed by atoms with Crippen LogP contribution in [0.25, 0.3) is 0 Å². The maximum atomic E-state index is 6.22. The quantitative estimate of drug-likeness (QED) is 0.771. The van der Waals surface area contributed by atoms with Gasteiger partial charge in [0.1, 0.15) is 5.82 Å². The van der Waals surface area contributed by atoms with Gasteiger partial charge in [-0.3, -0.25) is 0 Å². The number of nitrogens with zero attached hydrogens (tertiary/aromatic N) is 2. The number of benzene rings is 1. The molecule has 1 unspecified atom stereocenters. The first-order valence-corrected chi connectivity index (χ1v) is 8.61. The molecule has 0 saturated carbocycles. The van der Waals surface area contributed by atoms with E-state index in [2.05, 4.69) is 56.7 Å². The Morgan fingerprint density at radius 2 is 2.10 bits per heavy atom. The first-order chi connectivity index (χ1) is 9.69. The molecule has 0 spiro atoms. The Morgan fingerprint density at radius 1 is 1.35 bits per heavy atom. The van der Waals surface area contributed by atoms with Gasteiger partial charge in [-0.15, -0.1) is 11.8 Å². The minimum absolute atomic E-state index is 0.127. The van der Waals surface area contributed by atoms with Crippen LogP contribution >= 0.6 is 27.7 Å². The van der Waals surface area contributed by atoms with E-state index in [0.29, 0.717) is 0 Å². The fourth-order valence-electron chi connectivity index (χ4n) is 2.00.